The van der Waals surface area contributed by atoms with Crippen molar-refractivity contribution in [1.82, 2.24) is 19.6 Å². The van der Waals surface area contributed by atoms with Gasteiger partial charge < -0.3 is 15.5 Å². The van der Waals surface area contributed by atoms with E-state index >= 15 is 0 Å². The SMILES string of the molecule is CS(=O)(=O)NC1CCCC1CN=C(N)N1CCN(c2ncccn2)CC1. The summed E-state index contributed by atoms with van der Waals surface area (Å²) in [5.74, 6) is 1.48. The maximum Gasteiger partial charge on any atom is 0.225 e. The van der Waals surface area contributed by atoms with Gasteiger partial charge in [-0.2, -0.15) is 0 Å². The first-order valence-corrected chi connectivity index (χ1v) is 10.9. The molecule has 10 heteroatoms. The standard InChI is InChI=1S/C16H27N7O2S/c1-26(24,25)21-14-5-2-4-13(14)12-20-15(17)22-8-10-23(11-9-22)16-18-6-3-7-19-16/h3,6-7,13-14,21H,2,4-5,8-12H2,1H3,(H2,17,20). The molecule has 1 aromatic heterocycles. The lowest BCUT2D eigenvalue weighted by Gasteiger charge is -2.35. The van der Waals surface area contributed by atoms with E-state index in [4.69, 9.17) is 5.73 Å². The Morgan fingerprint density at radius 3 is 2.62 bits per heavy atom. The van der Waals surface area contributed by atoms with E-state index in [0.717, 1.165) is 51.4 Å². The molecule has 0 bridgehead atoms. The van der Waals surface area contributed by atoms with Crippen molar-refractivity contribution in [3.05, 3.63) is 18.5 Å². The number of aromatic nitrogens is 2. The van der Waals surface area contributed by atoms with Gasteiger partial charge in [-0.25, -0.2) is 23.1 Å². The molecule has 1 aliphatic heterocycles. The first-order valence-electron chi connectivity index (χ1n) is 8.96. The number of hydrogen-bond acceptors (Lipinski definition) is 6. The molecule has 2 aliphatic rings. The summed E-state index contributed by atoms with van der Waals surface area (Å²) in [7, 11) is -3.19. The van der Waals surface area contributed by atoms with Crippen molar-refractivity contribution in [2.75, 3.05) is 43.9 Å². The quantitative estimate of drug-likeness (QED) is 0.528. The highest BCUT2D eigenvalue weighted by Gasteiger charge is 2.29. The Bertz CT molecular complexity index is 717. The minimum Gasteiger partial charge on any atom is -0.370 e. The van der Waals surface area contributed by atoms with Gasteiger partial charge in [-0.3, -0.25) is 4.99 Å². The zero-order chi connectivity index (χ0) is 18.6. The molecule has 0 radical (unpaired) electrons. The normalized spacial score (nSPS) is 24.9. The predicted molar refractivity (Wildman–Crippen MR) is 101 cm³/mol. The fourth-order valence-electron chi connectivity index (χ4n) is 3.59. The van der Waals surface area contributed by atoms with E-state index in [1.165, 1.54) is 6.26 Å². The molecule has 3 N–H and O–H groups in total. The number of guanidine groups is 1. The van der Waals surface area contributed by atoms with E-state index in [2.05, 4.69) is 29.5 Å². The van der Waals surface area contributed by atoms with Crippen molar-refractivity contribution in [3.8, 4) is 0 Å². The molecule has 0 amide bonds. The predicted octanol–water partition coefficient (Wildman–Crippen LogP) is -0.369. The van der Waals surface area contributed by atoms with Crippen molar-refractivity contribution in [1.29, 1.82) is 0 Å². The van der Waals surface area contributed by atoms with Gasteiger partial charge in [0.1, 0.15) is 0 Å². The highest BCUT2D eigenvalue weighted by molar-refractivity contribution is 7.88. The minimum absolute atomic E-state index is 0.0337. The van der Waals surface area contributed by atoms with Crippen LogP contribution in [-0.2, 0) is 10.0 Å². The highest BCUT2D eigenvalue weighted by Crippen LogP contribution is 2.26. The van der Waals surface area contributed by atoms with Gasteiger partial charge in [0.25, 0.3) is 0 Å². The van der Waals surface area contributed by atoms with E-state index in [1.54, 1.807) is 18.5 Å². The monoisotopic (exact) mass is 381 g/mol. The van der Waals surface area contributed by atoms with Gasteiger partial charge in [-0.15, -0.1) is 0 Å². The smallest absolute Gasteiger partial charge is 0.225 e. The molecular formula is C16H27N7O2S. The molecule has 2 unspecified atom stereocenters. The summed E-state index contributed by atoms with van der Waals surface area (Å²) >= 11 is 0. The van der Waals surface area contributed by atoms with Crippen molar-refractivity contribution < 1.29 is 8.42 Å². The van der Waals surface area contributed by atoms with Gasteiger partial charge in [0, 0.05) is 51.2 Å². The van der Waals surface area contributed by atoms with E-state index < -0.39 is 10.0 Å². The Balaban J connectivity index is 1.51. The number of anilines is 1. The van der Waals surface area contributed by atoms with Gasteiger partial charge in [-0.1, -0.05) is 6.42 Å². The number of aliphatic imine (C=N–C) groups is 1. The molecule has 9 nitrogen and oxygen atoms in total. The highest BCUT2D eigenvalue weighted by atomic mass is 32.2. The maximum absolute atomic E-state index is 11.5. The van der Waals surface area contributed by atoms with Crippen LogP contribution in [0.15, 0.2) is 23.5 Å². The Morgan fingerprint density at radius 2 is 1.96 bits per heavy atom. The molecule has 0 aromatic carbocycles. The van der Waals surface area contributed by atoms with Gasteiger partial charge in [-0.05, 0) is 24.8 Å². The zero-order valence-corrected chi connectivity index (χ0v) is 15.9. The third-order valence-corrected chi connectivity index (χ3v) is 5.68. The number of nitrogens with one attached hydrogen (secondary N) is 1. The van der Waals surface area contributed by atoms with Crippen LogP contribution in [0.3, 0.4) is 0 Å². The number of sulfonamides is 1. The average Bonchev–Trinajstić information content (AvgIpc) is 3.05. The van der Waals surface area contributed by atoms with Crippen LogP contribution in [0.25, 0.3) is 0 Å². The Kier molecular flexibility index (Phi) is 5.92. The average molecular weight is 382 g/mol. The molecule has 26 heavy (non-hydrogen) atoms. The lowest BCUT2D eigenvalue weighted by atomic mass is 10.1. The number of nitrogens with zero attached hydrogens (tertiary/aromatic N) is 5. The van der Waals surface area contributed by atoms with E-state index in [9.17, 15) is 8.42 Å². The van der Waals surface area contributed by atoms with E-state index in [-0.39, 0.29) is 12.0 Å². The molecule has 1 aromatic rings. The van der Waals surface area contributed by atoms with Crippen LogP contribution in [0.5, 0.6) is 0 Å². The molecule has 3 rings (SSSR count). The number of rotatable bonds is 5. The maximum atomic E-state index is 11.5. The zero-order valence-electron chi connectivity index (χ0n) is 15.1. The summed E-state index contributed by atoms with van der Waals surface area (Å²) < 4.78 is 25.7. The molecule has 1 saturated carbocycles. The number of nitrogens with two attached hydrogens (primary N) is 1. The lowest BCUT2D eigenvalue weighted by Crippen LogP contribution is -2.51. The molecule has 2 fully saturated rings. The Hall–Kier alpha value is -1.94. The van der Waals surface area contributed by atoms with Gasteiger partial charge in [0.2, 0.25) is 16.0 Å². The van der Waals surface area contributed by atoms with Crippen molar-refractivity contribution in [2.24, 2.45) is 16.6 Å². The number of hydrogen-bond donors (Lipinski definition) is 2. The molecule has 2 atom stereocenters. The van der Waals surface area contributed by atoms with Crippen LogP contribution in [-0.4, -0.2) is 74.3 Å². The first-order chi connectivity index (χ1) is 12.4. The molecule has 0 spiro atoms. The second kappa shape index (κ2) is 8.17. The summed E-state index contributed by atoms with van der Waals surface area (Å²) in [5, 5.41) is 0. The summed E-state index contributed by atoms with van der Waals surface area (Å²) in [6.45, 7) is 3.68. The van der Waals surface area contributed by atoms with Gasteiger partial charge in [0.15, 0.2) is 5.96 Å². The molecule has 1 aliphatic carbocycles. The third kappa shape index (κ3) is 5.04. The minimum atomic E-state index is -3.19. The van der Waals surface area contributed by atoms with Crippen LogP contribution in [0, 0.1) is 5.92 Å². The first kappa shape index (κ1) is 18.8. The van der Waals surface area contributed by atoms with Crippen molar-refractivity contribution in [3.63, 3.8) is 0 Å². The fraction of sp³-hybridized carbons (Fsp3) is 0.688. The summed E-state index contributed by atoms with van der Waals surface area (Å²) in [4.78, 5) is 17.3. The van der Waals surface area contributed by atoms with Crippen LogP contribution in [0.4, 0.5) is 5.95 Å². The van der Waals surface area contributed by atoms with Crippen LogP contribution >= 0.6 is 0 Å². The Morgan fingerprint density at radius 1 is 1.27 bits per heavy atom. The van der Waals surface area contributed by atoms with E-state index in [1.807, 2.05) is 0 Å². The van der Waals surface area contributed by atoms with Gasteiger partial charge in [0.05, 0.1) is 6.26 Å². The van der Waals surface area contributed by atoms with Crippen LogP contribution in [0.1, 0.15) is 19.3 Å². The molecule has 2 heterocycles. The third-order valence-electron chi connectivity index (χ3n) is 4.95. The molecule has 1 saturated heterocycles. The largest absolute Gasteiger partial charge is 0.370 e. The second-order valence-electron chi connectivity index (χ2n) is 6.91. The number of piperazine rings is 1. The molecule has 144 valence electrons. The summed E-state index contributed by atoms with van der Waals surface area (Å²) in [5.41, 5.74) is 6.17. The van der Waals surface area contributed by atoms with Gasteiger partial charge >= 0.3 is 0 Å². The summed E-state index contributed by atoms with van der Waals surface area (Å²) in [6, 6.07) is 1.77. The van der Waals surface area contributed by atoms with E-state index in [0.29, 0.717) is 12.5 Å². The van der Waals surface area contributed by atoms with Crippen molar-refractivity contribution in [2.45, 2.75) is 25.3 Å². The van der Waals surface area contributed by atoms with Crippen LogP contribution in [0.2, 0.25) is 0 Å². The molecular weight excluding hydrogens is 354 g/mol. The van der Waals surface area contributed by atoms with Crippen LogP contribution < -0.4 is 15.4 Å². The lowest BCUT2D eigenvalue weighted by molar-refractivity contribution is 0.375. The fourth-order valence-corrected chi connectivity index (χ4v) is 4.45. The Labute approximate surface area is 154 Å². The second-order valence-corrected chi connectivity index (χ2v) is 8.69. The summed E-state index contributed by atoms with van der Waals surface area (Å²) in [6.07, 6.45) is 7.55. The topological polar surface area (TPSA) is 117 Å². The van der Waals surface area contributed by atoms with Crippen molar-refractivity contribution >= 4 is 21.9 Å².